The van der Waals surface area contributed by atoms with E-state index in [-0.39, 0.29) is 5.91 Å². The van der Waals surface area contributed by atoms with Crippen LogP contribution in [0.2, 0.25) is 0 Å². The van der Waals surface area contributed by atoms with Crippen LogP contribution < -0.4 is 10.6 Å². The van der Waals surface area contributed by atoms with Gasteiger partial charge in [-0.15, -0.1) is 0 Å². The van der Waals surface area contributed by atoms with Gasteiger partial charge in [0, 0.05) is 30.3 Å². The molecule has 2 N–H and O–H groups in total. The first-order valence-electron chi connectivity index (χ1n) is 6.86. The van der Waals surface area contributed by atoms with E-state index in [9.17, 15) is 4.79 Å². The van der Waals surface area contributed by atoms with Crippen molar-refractivity contribution in [3.05, 3.63) is 53.9 Å². The molecule has 1 aliphatic heterocycles. The molecular weight excluding hydrogens is 250 g/mol. The van der Waals surface area contributed by atoms with Crippen LogP contribution in [-0.4, -0.2) is 17.4 Å². The van der Waals surface area contributed by atoms with Crippen molar-refractivity contribution in [3.8, 4) is 0 Å². The number of benzene rings is 1. The van der Waals surface area contributed by atoms with Gasteiger partial charge in [-0.25, -0.2) is 0 Å². The lowest BCUT2D eigenvalue weighted by Crippen LogP contribution is -2.32. The molecule has 0 saturated carbocycles. The number of hydrogen-bond acceptors (Lipinski definition) is 3. The van der Waals surface area contributed by atoms with E-state index in [4.69, 9.17) is 5.73 Å². The topological polar surface area (TPSA) is 59.2 Å². The van der Waals surface area contributed by atoms with E-state index < -0.39 is 0 Å². The highest BCUT2D eigenvalue weighted by atomic mass is 16.2. The lowest BCUT2D eigenvalue weighted by atomic mass is 10.1. The van der Waals surface area contributed by atoms with Crippen LogP contribution in [0.1, 0.15) is 28.8 Å². The summed E-state index contributed by atoms with van der Waals surface area (Å²) in [5.74, 6) is -0.0649. The third-order valence-electron chi connectivity index (χ3n) is 3.69. The van der Waals surface area contributed by atoms with Gasteiger partial charge in [0.25, 0.3) is 5.91 Å². The van der Waals surface area contributed by atoms with Gasteiger partial charge in [-0.1, -0.05) is 18.2 Å². The molecule has 1 aromatic carbocycles. The normalized spacial score (nSPS) is 14.5. The summed E-state index contributed by atoms with van der Waals surface area (Å²) in [6, 6.07) is 9.75. The molecule has 4 nitrogen and oxygen atoms in total. The monoisotopic (exact) mass is 267 g/mol. The van der Waals surface area contributed by atoms with Gasteiger partial charge in [0.05, 0.1) is 5.56 Å². The molecule has 0 aliphatic carbocycles. The Morgan fingerprint density at radius 1 is 1.20 bits per heavy atom. The number of carbonyl (C=O) groups is 1. The predicted octanol–water partition coefficient (Wildman–Crippen LogP) is 2.65. The van der Waals surface area contributed by atoms with Crippen molar-refractivity contribution in [2.75, 3.05) is 17.2 Å². The van der Waals surface area contributed by atoms with E-state index in [1.54, 1.807) is 18.5 Å². The van der Waals surface area contributed by atoms with E-state index in [1.807, 2.05) is 23.1 Å². The Balaban J connectivity index is 2.02. The number of para-hydroxylation sites is 1. The van der Waals surface area contributed by atoms with E-state index in [1.165, 1.54) is 5.56 Å². The minimum Gasteiger partial charge on any atom is -0.398 e. The average molecular weight is 267 g/mol. The van der Waals surface area contributed by atoms with Crippen molar-refractivity contribution < 1.29 is 4.79 Å². The molecule has 0 saturated heterocycles. The van der Waals surface area contributed by atoms with Gasteiger partial charge < -0.3 is 10.6 Å². The quantitative estimate of drug-likeness (QED) is 0.864. The minimum atomic E-state index is -0.0649. The van der Waals surface area contributed by atoms with Crippen LogP contribution in [-0.2, 0) is 6.42 Å². The van der Waals surface area contributed by atoms with Crippen molar-refractivity contribution in [1.82, 2.24) is 4.98 Å². The number of nitrogen functional groups attached to an aromatic ring is 1. The van der Waals surface area contributed by atoms with Crippen molar-refractivity contribution >= 4 is 17.3 Å². The molecule has 20 heavy (non-hydrogen) atoms. The molecule has 2 heterocycles. The van der Waals surface area contributed by atoms with Crippen LogP contribution in [0.5, 0.6) is 0 Å². The Bertz CT molecular complexity index is 639. The SMILES string of the molecule is Nc1ccncc1C(=O)N1CCCCc2ccccc21. The second-order valence-corrected chi connectivity index (χ2v) is 5.01. The highest BCUT2D eigenvalue weighted by molar-refractivity contribution is 6.09. The van der Waals surface area contributed by atoms with Crippen LogP contribution in [0.3, 0.4) is 0 Å². The van der Waals surface area contributed by atoms with Gasteiger partial charge in [-0.3, -0.25) is 9.78 Å². The van der Waals surface area contributed by atoms with Gasteiger partial charge in [0.15, 0.2) is 0 Å². The summed E-state index contributed by atoms with van der Waals surface area (Å²) in [7, 11) is 0. The van der Waals surface area contributed by atoms with Gasteiger partial charge >= 0.3 is 0 Å². The first-order valence-corrected chi connectivity index (χ1v) is 6.86. The highest BCUT2D eigenvalue weighted by Gasteiger charge is 2.23. The Morgan fingerprint density at radius 2 is 2.05 bits per heavy atom. The van der Waals surface area contributed by atoms with Crippen LogP contribution in [0.25, 0.3) is 0 Å². The fourth-order valence-corrected chi connectivity index (χ4v) is 2.63. The number of rotatable bonds is 1. The molecule has 0 spiro atoms. The summed E-state index contributed by atoms with van der Waals surface area (Å²) >= 11 is 0. The number of carbonyl (C=O) groups excluding carboxylic acids is 1. The highest BCUT2D eigenvalue weighted by Crippen LogP contribution is 2.28. The zero-order chi connectivity index (χ0) is 13.9. The molecule has 0 bridgehead atoms. The molecule has 2 aromatic rings. The van der Waals surface area contributed by atoms with Crippen molar-refractivity contribution in [3.63, 3.8) is 0 Å². The Labute approximate surface area is 118 Å². The number of nitrogens with two attached hydrogens (primary N) is 1. The second kappa shape index (κ2) is 5.33. The van der Waals surface area contributed by atoms with Gasteiger partial charge in [-0.2, -0.15) is 0 Å². The third kappa shape index (κ3) is 2.25. The maximum Gasteiger partial charge on any atom is 0.261 e. The fraction of sp³-hybridized carbons (Fsp3) is 0.250. The van der Waals surface area contributed by atoms with E-state index in [0.29, 0.717) is 11.3 Å². The number of fused-ring (bicyclic) bond motifs is 1. The zero-order valence-electron chi connectivity index (χ0n) is 11.2. The summed E-state index contributed by atoms with van der Waals surface area (Å²) < 4.78 is 0. The summed E-state index contributed by atoms with van der Waals surface area (Å²) in [6.07, 6.45) is 6.26. The standard InChI is InChI=1S/C16H17N3O/c17-14-8-9-18-11-13(14)16(20)19-10-4-3-6-12-5-1-2-7-15(12)19/h1-2,5,7-9,11H,3-4,6,10H2,(H2,17,18). The number of amides is 1. The molecule has 4 heteroatoms. The molecule has 1 aromatic heterocycles. The van der Waals surface area contributed by atoms with E-state index in [0.717, 1.165) is 31.5 Å². The second-order valence-electron chi connectivity index (χ2n) is 5.01. The Hall–Kier alpha value is -2.36. The number of hydrogen-bond donors (Lipinski definition) is 1. The van der Waals surface area contributed by atoms with E-state index in [2.05, 4.69) is 11.1 Å². The maximum absolute atomic E-state index is 12.7. The Kier molecular flexibility index (Phi) is 3.37. The van der Waals surface area contributed by atoms with Crippen molar-refractivity contribution in [1.29, 1.82) is 0 Å². The molecule has 1 aliphatic rings. The Morgan fingerprint density at radius 3 is 2.90 bits per heavy atom. The van der Waals surface area contributed by atoms with Crippen molar-refractivity contribution in [2.45, 2.75) is 19.3 Å². The summed E-state index contributed by atoms with van der Waals surface area (Å²) in [5, 5.41) is 0. The third-order valence-corrected chi connectivity index (χ3v) is 3.69. The van der Waals surface area contributed by atoms with Gasteiger partial charge in [0.1, 0.15) is 0 Å². The number of aryl methyl sites for hydroxylation is 1. The van der Waals surface area contributed by atoms with Crippen LogP contribution in [0, 0.1) is 0 Å². The largest absolute Gasteiger partial charge is 0.398 e. The zero-order valence-corrected chi connectivity index (χ0v) is 11.2. The molecule has 0 atom stereocenters. The van der Waals surface area contributed by atoms with Crippen molar-refractivity contribution in [2.24, 2.45) is 0 Å². The van der Waals surface area contributed by atoms with Gasteiger partial charge in [-0.05, 0) is 37.0 Å². The predicted molar refractivity (Wildman–Crippen MR) is 79.7 cm³/mol. The summed E-state index contributed by atoms with van der Waals surface area (Å²) in [6.45, 7) is 0.726. The molecule has 3 rings (SSSR count). The van der Waals surface area contributed by atoms with Crippen LogP contribution in [0.15, 0.2) is 42.7 Å². The lowest BCUT2D eigenvalue weighted by molar-refractivity contribution is 0.0987. The van der Waals surface area contributed by atoms with Crippen LogP contribution >= 0.6 is 0 Å². The molecule has 102 valence electrons. The van der Waals surface area contributed by atoms with Crippen LogP contribution in [0.4, 0.5) is 11.4 Å². The molecule has 0 radical (unpaired) electrons. The number of aromatic nitrogens is 1. The average Bonchev–Trinajstić information content (AvgIpc) is 2.69. The smallest absolute Gasteiger partial charge is 0.261 e. The molecule has 0 unspecified atom stereocenters. The lowest BCUT2D eigenvalue weighted by Gasteiger charge is -2.23. The fourth-order valence-electron chi connectivity index (χ4n) is 2.63. The first kappa shape index (κ1) is 12.7. The number of pyridine rings is 1. The number of anilines is 2. The van der Waals surface area contributed by atoms with Gasteiger partial charge in [0.2, 0.25) is 0 Å². The summed E-state index contributed by atoms with van der Waals surface area (Å²) in [5.41, 5.74) is 9.08. The molecule has 0 fully saturated rings. The minimum absolute atomic E-state index is 0.0649. The molecular formula is C16H17N3O. The maximum atomic E-state index is 12.7. The molecule has 1 amide bonds. The van der Waals surface area contributed by atoms with E-state index >= 15 is 0 Å². The first-order chi connectivity index (χ1) is 9.77. The summed E-state index contributed by atoms with van der Waals surface area (Å²) in [4.78, 5) is 18.6. The number of nitrogens with zero attached hydrogens (tertiary/aromatic N) is 2.